The smallest absolute Gasteiger partial charge is 0.299 e. The minimum absolute atomic E-state index is 0.0197. The third kappa shape index (κ3) is 5.67. The Morgan fingerprint density at radius 3 is 1.97 bits per heavy atom. The zero-order valence-electron chi connectivity index (χ0n) is 18.5. The number of carbonyl (C=O) groups excluding carboxylic acids is 1. The van der Waals surface area contributed by atoms with E-state index in [1.807, 2.05) is 26.0 Å². The van der Waals surface area contributed by atoms with Crippen molar-refractivity contribution in [1.82, 2.24) is 0 Å². The number of benzene rings is 3. The molecule has 0 aliphatic rings. The summed E-state index contributed by atoms with van der Waals surface area (Å²) in [5, 5.41) is 0. The van der Waals surface area contributed by atoms with Crippen LogP contribution in [-0.4, -0.2) is 5.78 Å². The first kappa shape index (κ1) is 24.2. The van der Waals surface area contributed by atoms with E-state index < -0.39 is 23.5 Å². The van der Waals surface area contributed by atoms with Crippen LogP contribution in [0.1, 0.15) is 44.2 Å². The van der Waals surface area contributed by atoms with Crippen molar-refractivity contribution in [3.8, 4) is 22.3 Å². The van der Waals surface area contributed by atoms with Crippen LogP contribution in [0.25, 0.3) is 27.1 Å². The van der Waals surface area contributed by atoms with Gasteiger partial charge < -0.3 is 0 Å². The molecule has 0 amide bonds. The molecule has 0 aromatic heterocycles. The molecule has 6 heteroatoms. The number of alkyl halides is 3. The fraction of sp³-hybridized carbons (Fsp3) is 0.259. The van der Waals surface area contributed by atoms with Crippen LogP contribution in [0.3, 0.4) is 0 Å². The fourth-order valence-corrected chi connectivity index (χ4v) is 3.82. The Morgan fingerprint density at radius 2 is 1.48 bits per heavy atom. The molecule has 3 rings (SSSR count). The number of carbonyl (C=O) groups is 1. The van der Waals surface area contributed by atoms with Gasteiger partial charge in [-0.2, -0.15) is 13.2 Å². The Balaban J connectivity index is 2.18. The van der Waals surface area contributed by atoms with Gasteiger partial charge in [-0.25, -0.2) is 9.24 Å². The fourth-order valence-electron chi connectivity index (χ4n) is 3.82. The highest BCUT2D eigenvalue weighted by Gasteiger charge is 2.30. The van der Waals surface area contributed by atoms with Gasteiger partial charge in [-0.05, 0) is 71.3 Å². The van der Waals surface area contributed by atoms with Crippen LogP contribution < -0.4 is 0 Å². The summed E-state index contributed by atoms with van der Waals surface area (Å²) in [6.07, 6.45) is -3.83. The SMILES string of the molecule is [C-]#[N+]c1ccc(-c2cc(-c3ccc(C(F)(F)F)cc3)cc(C(CC(C)C)C(C)=O)c2)cc1F. The van der Waals surface area contributed by atoms with Gasteiger partial charge in [0, 0.05) is 5.92 Å². The molecular weight excluding hydrogens is 430 g/mol. The van der Waals surface area contributed by atoms with E-state index >= 15 is 0 Å². The average molecular weight is 453 g/mol. The van der Waals surface area contributed by atoms with Crippen LogP contribution in [0.2, 0.25) is 0 Å². The molecule has 0 saturated carbocycles. The highest BCUT2D eigenvalue weighted by molar-refractivity contribution is 5.85. The number of hydrogen-bond acceptors (Lipinski definition) is 1. The summed E-state index contributed by atoms with van der Waals surface area (Å²) in [5.74, 6) is -0.832. The molecule has 170 valence electrons. The van der Waals surface area contributed by atoms with E-state index in [-0.39, 0.29) is 17.4 Å². The van der Waals surface area contributed by atoms with E-state index in [1.165, 1.54) is 31.2 Å². The van der Waals surface area contributed by atoms with Gasteiger partial charge in [0.15, 0.2) is 0 Å². The Kier molecular flexibility index (Phi) is 7.02. The van der Waals surface area contributed by atoms with Crippen LogP contribution >= 0.6 is 0 Å². The summed E-state index contributed by atoms with van der Waals surface area (Å²) in [6.45, 7) is 12.6. The second-order valence-electron chi connectivity index (χ2n) is 8.49. The van der Waals surface area contributed by atoms with E-state index in [1.54, 1.807) is 12.1 Å². The summed E-state index contributed by atoms with van der Waals surface area (Å²) in [7, 11) is 0. The molecular formula is C27H23F4NO. The second kappa shape index (κ2) is 9.58. The lowest BCUT2D eigenvalue weighted by Gasteiger charge is -2.19. The highest BCUT2D eigenvalue weighted by Crippen LogP contribution is 2.36. The maximum absolute atomic E-state index is 14.3. The van der Waals surface area contributed by atoms with Crippen LogP contribution in [0.4, 0.5) is 23.2 Å². The lowest BCUT2D eigenvalue weighted by molar-refractivity contribution is -0.137. The first-order valence-corrected chi connectivity index (χ1v) is 10.5. The molecule has 0 aliphatic heterocycles. The van der Waals surface area contributed by atoms with Crippen LogP contribution in [-0.2, 0) is 11.0 Å². The van der Waals surface area contributed by atoms with Crippen LogP contribution in [0.15, 0.2) is 60.7 Å². The maximum atomic E-state index is 14.3. The standard InChI is InChI=1S/C27H23F4NO/c1-16(2)11-24(17(3)33)22-13-20(18-5-8-23(9-6-18)27(29,30)31)12-21(14-22)19-7-10-26(32-4)25(28)15-19/h5-10,12-16,24H,11H2,1-3H3. The Morgan fingerprint density at radius 1 is 0.909 bits per heavy atom. The monoisotopic (exact) mass is 453 g/mol. The number of Topliss-reactive ketones (excluding diaryl/α,β-unsaturated/α-hetero) is 1. The van der Waals surface area contributed by atoms with Crippen molar-refractivity contribution in [2.75, 3.05) is 0 Å². The molecule has 33 heavy (non-hydrogen) atoms. The van der Waals surface area contributed by atoms with Crippen LogP contribution in [0, 0.1) is 18.3 Å². The molecule has 0 spiro atoms. The molecule has 0 bridgehead atoms. The molecule has 3 aromatic rings. The van der Waals surface area contributed by atoms with E-state index in [4.69, 9.17) is 6.57 Å². The molecule has 0 heterocycles. The van der Waals surface area contributed by atoms with E-state index in [2.05, 4.69) is 4.85 Å². The summed E-state index contributed by atoms with van der Waals surface area (Å²) >= 11 is 0. The number of nitrogens with zero attached hydrogens (tertiary/aromatic N) is 1. The third-order valence-corrected chi connectivity index (χ3v) is 5.50. The van der Waals surface area contributed by atoms with Crippen molar-refractivity contribution >= 4 is 11.5 Å². The summed E-state index contributed by atoms with van der Waals surface area (Å²) in [4.78, 5) is 15.6. The average Bonchev–Trinajstić information content (AvgIpc) is 2.76. The zero-order chi connectivity index (χ0) is 24.3. The highest BCUT2D eigenvalue weighted by atomic mass is 19.4. The molecule has 0 radical (unpaired) electrons. The lowest BCUT2D eigenvalue weighted by Crippen LogP contribution is -2.12. The predicted octanol–water partition coefficient (Wildman–Crippen LogP) is 8.45. The summed E-state index contributed by atoms with van der Waals surface area (Å²) in [6, 6.07) is 14.5. The Labute approximate surface area is 190 Å². The Bertz CT molecular complexity index is 1200. The normalized spacial score (nSPS) is 12.5. The van der Waals surface area contributed by atoms with Crippen LogP contribution in [0.5, 0.6) is 0 Å². The number of rotatable bonds is 6. The van der Waals surface area contributed by atoms with Crippen molar-refractivity contribution in [3.05, 3.63) is 89.0 Å². The van der Waals surface area contributed by atoms with Crippen molar-refractivity contribution in [2.24, 2.45) is 5.92 Å². The van der Waals surface area contributed by atoms with E-state index in [9.17, 15) is 22.4 Å². The molecule has 0 fully saturated rings. The second-order valence-corrected chi connectivity index (χ2v) is 8.49. The minimum atomic E-state index is -4.44. The van der Waals surface area contributed by atoms with Crippen molar-refractivity contribution in [3.63, 3.8) is 0 Å². The number of hydrogen-bond donors (Lipinski definition) is 0. The van der Waals surface area contributed by atoms with Gasteiger partial charge >= 0.3 is 6.18 Å². The van der Waals surface area contributed by atoms with E-state index in [0.717, 1.165) is 17.7 Å². The number of ketones is 1. The molecule has 2 nitrogen and oxygen atoms in total. The van der Waals surface area contributed by atoms with Crippen molar-refractivity contribution in [1.29, 1.82) is 0 Å². The molecule has 0 N–H and O–H groups in total. The summed E-state index contributed by atoms with van der Waals surface area (Å²) < 4.78 is 53.3. The predicted molar refractivity (Wildman–Crippen MR) is 121 cm³/mol. The van der Waals surface area contributed by atoms with Gasteiger partial charge in [0.1, 0.15) is 11.6 Å². The van der Waals surface area contributed by atoms with Gasteiger partial charge in [0.2, 0.25) is 5.69 Å². The van der Waals surface area contributed by atoms with E-state index in [0.29, 0.717) is 28.7 Å². The summed E-state index contributed by atoms with van der Waals surface area (Å²) in [5.41, 5.74) is 2.19. The van der Waals surface area contributed by atoms with Gasteiger partial charge in [-0.1, -0.05) is 50.2 Å². The Hall–Kier alpha value is -3.46. The molecule has 0 aliphatic carbocycles. The first-order chi connectivity index (χ1) is 15.5. The first-order valence-electron chi connectivity index (χ1n) is 10.5. The quantitative estimate of drug-likeness (QED) is 0.271. The topological polar surface area (TPSA) is 21.4 Å². The lowest BCUT2D eigenvalue weighted by atomic mass is 9.84. The van der Waals surface area contributed by atoms with Crippen molar-refractivity contribution in [2.45, 2.75) is 39.3 Å². The minimum Gasteiger partial charge on any atom is -0.299 e. The molecule has 1 unspecified atom stereocenters. The zero-order valence-corrected chi connectivity index (χ0v) is 18.5. The van der Waals surface area contributed by atoms with Gasteiger partial charge in [0.05, 0.1) is 12.1 Å². The van der Waals surface area contributed by atoms with Gasteiger partial charge in [-0.3, -0.25) is 4.79 Å². The maximum Gasteiger partial charge on any atom is 0.416 e. The molecule has 1 atom stereocenters. The van der Waals surface area contributed by atoms with Gasteiger partial charge in [0.25, 0.3) is 0 Å². The molecule has 0 saturated heterocycles. The molecule has 3 aromatic carbocycles. The van der Waals surface area contributed by atoms with Crippen molar-refractivity contribution < 1.29 is 22.4 Å². The third-order valence-electron chi connectivity index (χ3n) is 5.50. The largest absolute Gasteiger partial charge is 0.416 e. The number of halogens is 4. The van der Waals surface area contributed by atoms with Gasteiger partial charge in [-0.15, -0.1) is 0 Å².